The van der Waals surface area contributed by atoms with Crippen molar-refractivity contribution in [2.75, 3.05) is 16.8 Å². The number of amides is 2. The number of imide groups is 1. The first-order chi connectivity index (χ1) is 13.4. The van der Waals surface area contributed by atoms with Crippen molar-refractivity contribution in [3.05, 3.63) is 70.4 Å². The van der Waals surface area contributed by atoms with E-state index in [2.05, 4.69) is 5.32 Å². The number of ether oxygens (including phenoxy) is 1. The molecule has 2 amide bonds. The largest absolute Gasteiger partial charge is 0.462 e. The Morgan fingerprint density at radius 1 is 1.11 bits per heavy atom. The molecule has 2 aromatic carbocycles. The number of carbonyl (C=O) groups is 3. The van der Waals surface area contributed by atoms with Gasteiger partial charge in [0.2, 0.25) is 0 Å². The third kappa shape index (κ3) is 3.92. The number of benzene rings is 2. The topological polar surface area (TPSA) is 75.7 Å². The van der Waals surface area contributed by atoms with Crippen LogP contribution in [0.5, 0.6) is 0 Å². The lowest BCUT2D eigenvalue weighted by molar-refractivity contribution is -0.120. The highest BCUT2D eigenvalue weighted by Crippen LogP contribution is 2.30. The maximum Gasteiger partial charge on any atom is 0.338 e. The van der Waals surface area contributed by atoms with Gasteiger partial charge in [0.05, 0.1) is 17.9 Å². The Morgan fingerprint density at radius 2 is 1.86 bits per heavy atom. The molecule has 144 valence electrons. The van der Waals surface area contributed by atoms with Crippen LogP contribution in [0.3, 0.4) is 0 Å². The highest BCUT2D eigenvalue weighted by atomic mass is 35.5. The van der Waals surface area contributed by atoms with E-state index in [0.717, 1.165) is 10.5 Å². The van der Waals surface area contributed by atoms with Crippen LogP contribution in [0.25, 0.3) is 0 Å². The van der Waals surface area contributed by atoms with E-state index in [4.69, 9.17) is 16.3 Å². The number of nitrogens with one attached hydrogen (secondary N) is 1. The Kier molecular flexibility index (Phi) is 5.80. The van der Waals surface area contributed by atoms with Gasteiger partial charge in [-0.25, -0.2) is 9.69 Å². The van der Waals surface area contributed by atoms with Crippen LogP contribution in [0.4, 0.5) is 11.4 Å². The minimum Gasteiger partial charge on any atom is -0.462 e. The van der Waals surface area contributed by atoms with Crippen molar-refractivity contribution < 1.29 is 19.1 Å². The molecule has 0 saturated heterocycles. The van der Waals surface area contributed by atoms with Gasteiger partial charge in [0.1, 0.15) is 10.7 Å². The Labute approximate surface area is 167 Å². The molecule has 0 unspecified atom stereocenters. The summed E-state index contributed by atoms with van der Waals surface area (Å²) in [7, 11) is 0. The fourth-order valence-corrected chi connectivity index (χ4v) is 2.98. The maximum atomic E-state index is 12.9. The van der Waals surface area contributed by atoms with Gasteiger partial charge >= 0.3 is 5.97 Å². The standard InChI is InChI=1S/C21H19ClN2O4/c1-3-10-28-21(27)14-7-5-9-16(12-14)24-19(25)17(22)18(20(24)26)23-15-8-4-6-13(2)11-15/h4-9,11-12,23H,3,10H2,1-2H3. The molecular formula is C21H19ClN2O4. The summed E-state index contributed by atoms with van der Waals surface area (Å²) in [5.74, 6) is -1.75. The van der Waals surface area contributed by atoms with Gasteiger partial charge in [0.25, 0.3) is 11.8 Å². The number of aryl methyl sites for hydroxylation is 1. The number of halogens is 1. The van der Waals surface area contributed by atoms with Gasteiger partial charge in [-0.05, 0) is 49.2 Å². The Morgan fingerprint density at radius 3 is 2.57 bits per heavy atom. The Bertz CT molecular complexity index is 984. The number of hydrogen-bond acceptors (Lipinski definition) is 5. The highest BCUT2D eigenvalue weighted by Gasteiger charge is 2.39. The minimum absolute atomic E-state index is 0.00349. The van der Waals surface area contributed by atoms with Gasteiger partial charge in [-0.2, -0.15) is 0 Å². The molecule has 1 aliphatic heterocycles. The van der Waals surface area contributed by atoms with Crippen LogP contribution >= 0.6 is 11.6 Å². The predicted octanol–water partition coefficient (Wildman–Crippen LogP) is 4.00. The van der Waals surface area contributed by atoms with E-state index in [0.29, 0.717) is 18.7 Å². The summed E-state index contributed by atoms with van der Waals surface area (Å²) in [6.45, 7) is 4.10. The molecule has 1 N–H and O–H groups in total. The maximum absolute atomic E-state index is 12.9. The lowest BCUT2D eigenvalue weighted by Crippen LogP contribution is -2.32. The third-order valence-corrected chi connectivity index (χ3v) is 4.44. The molecule has 0 radical (unpaired) electrons. The second-order valence-electron chi connectivity index (χ2n) is 6.32. The summed E-state index contributed by atoms with van der Waals surface area (Å²) in [4.78, 5) is 38.5. The number of rotatable bonds is 6. The smallest absolute Gasteiger partial charge is 0.338 e. The van der Waals surface area contributed by atoms with Crippen LogP contribution in [-0.2, 0) is 14.3 Å². The first kappa shape index (κ1) is 19.6. The molecule has 0 aliphatic carbocycles. The zero-order chi connectivity index (χ0) is 20.3. The SMILES string of the molecule is CCCOC(=O)c1cccc(N2C(=O)C(Cl)=C(Nc3cccc(C)c3)C2=O)c1. The van der Waals surface area contributed by atoms with Gasteiger partial charge in [0, 0.05) is 5.69 Å². The van der Waals surface area contributed by atoms with Crippen LogP contribution in [0.15, 0.2) is 59.3 Å². The quantitative estimate of drug-likeness (QED) is 0.588. The normalized spacial score (nSPS) is 13.9. The van der Waals surface area contributed by atoms with Crippen LogP contribution in [0.2, 0.25) is 0 Å². The summed E-state index contributed by atoms with van der Waals surface area (Å²) >= 11 is 6.14. The van der Waals surface area contributed by atoms with Crippen LogP contribution in [0, 0.1) is 6.92 Å². The fraction of sp³-hybridized carbons (Fsp3) is 0.190. The van der Waals surface area contributed by atoms with Gasteiger partial charge < -0.3 is 10.1 Å². The van der Waals surface area contributed by atoms with Crippen LogP contribution in [0.1, 0.15) is 29.3 Å². The number of anilines is 2. The number of carbonyl (C=O) groups excluding carboxylic acids is 3. The Balaban J connectivity index is 1.86. The van der Waals surface area contributed by atoms with E-state index < -0.39 is 17.8 Å². The van der Waals surface area contributed by atoms with Gasteiger partial charge in [0.15, 0.2) is 0 Å². The summed E-state index contributed by atoms with van der Waals surface area (Å²) in [5, 5.41) is 2.72. The van der Waals surface area contributed by atoms with Crippen LogP contribution < -0.4 is 10.2 Å². The molecule has 1 aliphatic rings. The van der Waals surface area contributed by atoms with Crippen molar-refractivity contribution in [1.29, 1.82) is 0 Å². The Hall–Kier alpha value is -3.12. The van der Waals surface area contributed by atoms with Crippen molar-refractivity contribution in [2.24, 2.45) is 0 Å². The average molecular weight is 399 g/mol. The van der Waals surface area contributed by atoms with E-state index >= 15 is 0 Å². The second-order valence-corrected chi connectivity index (χ2v) is 6.69. The van der Waals surface area contributed by atoms with Crippen molar-refractivity contribution in [1.82, 2.24) is 0 Å². The zero-order valence-corrected chi connectivity index (χ0v) is 16.2. The molecule has 6 nitrogen and oxygen atoms in total. The molecule has 0 bridgehead atoms. The summed E-state index contributed by atoms with van der Waals surface area (Å²) in [6, 6.07) is 13.5. The molecule has 7 heteroatoms. The van der Waals surface area contributed by atoms with E-state index in [1.54, 1.807) is 24.3 Å². The summed E-state index contributed by atoms with van der Waals surface area (Å²) in [5.41, 5.74) is 2.14. The first-order valence-electron chi connectivity index (χ1n) is 8.81. The van der Waals surface area contributed by atoms with Crippen molar-refractivity contribution in [3.63, 3.8) is 0 Å². The molecule has 0 aromatic heterocycles. The van der Waals surface area contributed by atoms with Crippen molar-refractivity contribution in [2.45, 2.75) is 20.3 Å². The highest BCUT2D eigenvalue weighted by molar-refractivity contribution is 6.53. The van der Waals surface area contributed by atoms with E-state index in [1.165, 1.54) is 6.07 Å². The number of esters is 1. The minimum atomic E-state index is -0.652. The summed E-state index contributed by atoms with van der Waals surface area (Å²) < 4.78 is 5.10. The van der Waals surface area contributed by atoms with Crippen LogP contribution in [-0.4, -0.2) is 24.4 Å². The van der Waals surface area contributed by atoms with Crippen molar-refractivity contribution in [3.8, 4) is 0 Å². The third-order valence-electron chi connectivity index (χ3n) is 4.09. The molecule has 3 rings (SSSR count). The fourth-order valence-electron chi connectivity index (χ4n) is 2.76. The predicted molar refractivity (Wildman–Crippen MR) is 107 cm³/mol. The monoisotopic (exact) mass is 398 g/mol. The first-order valence-corrected chi connectivity index (χ1v) is 9.19. The number of nitrogens with zero attached hydrogens (tertiary/aromatic N) is 1. The van der Waals surface area contributed by atoms with E-state index in [9.17, 15) is 14.4 Å². The van der Waals surface area contributed by atoms with E-state index in [-0.39, 0.29) is 22.0 Å². The lowest BCUT2D eigenvalue weighted by Gasteiger charge is -2.16. The molecule has 1 heterocycles. The zero-order valence-electron chi connectivity index (χ0n) is 15.5. The van der Waals surface area contributed by atoms with Gasteiger partial charge in [-0.1, -0.05) is 36.7 Å². The molecule has 28 heavy (non-hydrogen) atoms. The second kappa shape index (κ2) is 8.27. The molecule has 2 aromatic rings. The number of hydrogen-bond donors (Lipinski definition) is 1. The van der Waals surface area contributed by atoms with Gasteiger partial charge in [-0.15, -0.1) is 0 Å². The average Bonchev–Trinajstić information content (AvgIpc) is 2.89. The molecule has 0 fully saturated rings. The molecule has 0 spiro atoms. The van der Waals surface area contributed by atoms with Gasteiger partial charge in [-0.3, -0.25) is 9.59 Å². The summed E-state index contributed by atoms with van der Waals surface area (Å²) in [6.07, 6.45) is 0.696. The van der Waals surface area contributed by atoms with E-state index in [1.807, 2.05) is 32.0 Å². The lowest BCUT2D eigenvalue weighted by atomic mass is 10.2. The van der Waals surface area contributed by atoms with Crippen molar-refractivity contribution >= 4 is 40.8 Å². The molecular weight excluding hydrogens is 380 g/mol. The molecule has 0 saturated carbocycles. The molecule has 0 atom stereocenters.